The number of likely N-dealkylation sites (N-methyl/N-ethyl adjacent to an activating group) is 1. The molecule has 12 heteroatoms. The molecule has 5 N–H and O–H groups in total. The fraction of sp³-hybridized carbons (Fsp3) is 0.476. The summed E-state index contributed by atoms with van der Waals surface area (Å²) in [5, 5.41) is 14.7. The third-order valence-electron chi connectivity index (χ3n) is 6.57. The number of nitrogen functional groups attached to an aromatic ring is 1. The molecule has 180 valence electrons. The molecule has 2 aromatic heterocycles. The number of H-pyrrole nitrogens is 1. The highest BCUT2D eigenvalue weighted by molar-refractivity contribution is 5.85. The lowest BCUT2D eigenvalue weighted by Crippen LogP contribution is -2.77. The Kier molecular flexibility index (Phi) is 7.42. The number of nitrogens with zero attached hydrogens (tertiary/aromatic N) is 5. The number of pyridine rings is 1. The lowest BCUT2D eigenvalue weighted by molar-refractivity contribution is -0.134. The van der Waals surface area contributed by atoms with Crippen LogP contribution >= 0.6 is 24.8 Å². The first-order valence-electron chi connectivity index (χ1n) is 10.7. The summed E-state index contributed by atoms with van der Waals surface area (Å²) >= 11 is 0. The molecule has 1 fully saturated rings. The van der Waals surface area contributed by atoms with Crippen molar-refractivity contribution in [1.29, 1.82) is 0 Å². The zero-order valence-corrected chi connectivity index (χ0v) is 20.3. The number of hydrogen-bond donors (Lipinski definition) is 4. The van der Waals surface area contributed by atoms with E-state index in [1.807, 2.05) is 37.8 Å². The molecule has 5 rings (SSSR count). The summed E-state index contributed by atoms with van der Waals surface area (Å²) in [5.74, 6) is 0.468. The van der Waals surface area contributed by atoms with Gasteiger partial charge in [0.15, 0.2) is 11.3 Å². The molecule has 2 aromatic rings. The van der Waals surface area contributed by atoms with Gasteiger partial charge in [-0.25, -0.2) is 14.9 Å². The van der Waals surface area contributed by atoms with Gasteiger partial charge in [0, 0.05) is 44.2 Å². The van der Waals surface area contributed by atoms with Crippen LogP contribution < -0.4 is 21.3 Å². The number of rotatable bonds is 5. The molecular formula is C21H31Cl2N9O. The number of halogens is 2. The number of aromatic nitrogens is 3. The molecule has 3 aliphatic rings. The topological polar surface area (TPSA) is 120 Å². The van der Waals surface area contributed by atoms with Crippen molar-refractivity contribution in [3.8, 4) is 0 Å². The van der Waals surface area contributed by atoms with E-state index in [9.17, 15) is 0 Å². The van der Waals surface area contributed by atoms with E-state index < -0.39 is 11.3 Å². The molecule has 0 radical (unpaired) electrons. The Labute approximate surface area is 205 Å². The molecule has 0 spiro atoms. The van der Waals surface area contributed by atoms with Gasteiger partial charge in [0.2, 0.25) is 0 Å². The fourth-order valence-corrected chi connectivity index (χ4v) is 5.24. The van der Waals surface area contributed by atoms with Crippen molar-refractivity contribution in [3.05, 3.63) is 42.5 Å². The molecule has 3 unspecified atom stereocenters. The molecule has 0 aliphatic carbocycles. The van der Waals surface area contributed by atoms with Gasteiger partial charge in [-0.1, -0.05) is 0 Å². The van der Waals surface area contributed by atoms with Crippen LogP contribution in [0.15, 0.2) is 41.9 Å². The monoisotopic (exact) mass is 495 g/mol. The lowest BCUT2D eigenvalue weighted by Gasteiger charge is -2.58. The second-order valence-electron chi connectivity index (χ2n) is 8.11. The zero-order chi connectivity index (χ0) is 21.5. The number of nitrogens with two attached hydrogens (primary N) is 1. The van der Waals surface area contributed by atoms with Gasteiger partial charge in [-0.15, -0.1) is 24.8 Å². The van der Waals surface area contributed by atoms with Crippen molar-refractivity contribution in [3.63, 3.8) is 0 Å². The third kappa shape index (κ3) is 3.71. The van der Waals surface area contributed by atoms with E-state index in [-0.39, 0.29) is 31.0 Å². The lowest BCUT2D eigenvalue weighted by atomic mass is 9.82. The number of fused-ring (bicyclic) bond motifs is 1. The molecule has 3 aliphatic heterocycles. The maximum Gasteiger partial charge on any atom is 0.182 e. The molecule has 1 saturated heterocycles. The second-order valence-corrected chi connectivity index (χ2v) is 8.11. The van der Waals surface area contributed by atoms with Gasteiger partial charge in [-0.2, -0.15) is 5.10 Å². The van der Waals surface area contributed by atoms with E-state index in [0.717, 1.165) is 42.7 Å². The van der Waals surface area contributed by atoms with Crippen LogP contribution in [-0.4, -0.2) is 58.5 Å². The van der Waals surface area contributed by atoms with E-state index in [4.69, 9.17) is 10.5 Å². The van der Waals surface area contributed by atoms with Crippen LogP contribution in [0.5, 0.6) is 0 Å². The van der Waals surface area contributed by atoms with Crippen molar-refractivity contribution in [1.82, 2.24) is 25.4 Å². The molecule has 3 atom stereocenters. The van der Waals surface area contributed by atoms with Gasteiger partial charge >= 0.3 is 0 Å². The van der Waals surface area contributed by atoms with Crippen molar-refractivity contribution in [2.45, 2.75) is 43.7 Å². The average Bonchev–Trinajstić information content (AvgIpc) is 3.42. The van der Waals surface area contributed by atoms with E-state index in [1.165, 1.54) is 0 Å². The molecule has 33 heavy (non-hydrogen) atoms. The first-order chi connectivity index (χ1) is 15.1. The largest absolute Gasteiger partial charge is 0.384 e. The van der Waals surface area contributed by atoms with E-state index in [1.54, 1.807) is 6.34 Å². The Morgan fingerprint density at radius 3 is 2.82 bits per heavy atom. The van der Waals surface area contributed by atoms with Crippen molar-refractivity contribution >= 4 is 48.3 Å². The molecule has 0 saturated carbocycles. The number of piperidine rings is 1. The number of hydrogen-bond acceptors (Lipinski definition) is 9. The average molecular weight is 496 g/mol. The number of anilines is 3. The van der Waals surface area contributed by atoms with Crippen LogP contribution in [0, 0.1) is 0 Å². The van der Waals surface area contributed by atoms with Crippen LogP contribution in [-0.2, 0) is 10.4 Å². The van der Waals surface area contributed by atoms with Gasteiger partial charge in [0.1, 0.15) is 12.0 Å². The quantitative estimate of drug-likeness (QED) is 0.499. The van der Waals surface area contributed by atoms with Crippen LogP contribution in [0.1, 0.15) is 31.7 Å². The highest BCUT2D eigenvalue weighted by Gasteiger charge is 2.63. The summed E-state index contributed by atoms with van der Waals surface area (Å²) in [7, 11) is 2.06. The van der Waals surface area contributed by atoms with E-state index >= 15 is 0 Å². The predicted molar refractivity (Wildman–Crippen MR) is 135 cm³/mol. The second kappa shape index (κ2) is 9.76. The summed E-state index contributed by atoms with van der Waals surface area (Å²) in [4.78, 5) is 13.3. The molecular weight excluding hydrogens is 465 g/mol. The maximum absolute atomic E-state index is 6.23. The van der Waals surface area contributed by atoms with Crippen LogP contribution in [0.25, 0.3) is 0 Å². The Balaban J connectivity index is 0.00000153. The minimum atomic E-state index is -0.770. The minimum Gasteiger partial charge on any atom is -0.384 e. The summed E-state index contributed by atoms with van der Waals surface area (Å²) < 4.78 is 6.23. The Morgan fingerprint density at radius 2 is 2.12 bits per heavy atom. The minimum absolute atomic E-state index is 0. The SMILES string of the molecule is CCOC1CCCCN1C1(C2(c3cn[nH]c3)Nc3cc(N)ncc3N2C)C=CN=CN1.Cl.Cl. The standard InChI is InChI=1S/C21H29N9O.2ClH/c1-3-31-19-6-4-5-9-30(19)20(7-8-23-14-25-20)21(15-11-26-27-12-15)28-16-10-18(22)24-13-17(16)29(21)2;;/h7-8,10-14,19,28H,3-6,9H2,1-2H3,(H2,22,24)(H,23,25)(H,26,27);2*1H. The number of aliphatic imine (C=N–C) groups is 1. The van der Waals surface area contributed by atoms with Crippen LogP contribution in [0.3, 0.4) is 0 Å². The molecule has 5 heterocycles. The smallest absolute Gasteiger partial charge is 0.182 e. The molecule has 10 nitrogen and oxygen atoms in total. The van der Waals surface area contributed by atoms with Gasteiger partial charge in [-0.3, -0.25) is 5.10 Å². The normalized spacial score (nSPS) is 28.3. The van der Waals surface area contributed by atoms with Crippen LogP contribution in [0.2, 0.25) is 0 Å². The third-order valence-corrected chi connectivity index (χ3v) is 6.57. The summed E-state index contributed by atoms with van der Waals surface area (Å²) in [6.07, 6.45) is 14.5. The first-order valence-corrected chi connectivity index (χ1v) is 10.7. The first kappa shape index (κ1) is 25.1. The zero-order valence-electron chi connectivity index (χ0n) is 18.7. The Hall–Kier alpha value is -2.53. The fourth-order valence-electron chi connectivity index (χ4n) is 5.24. The summed E-state index contributed by atoms with van der Waals surface area (Å²) in [6, 6.07) is 1.87. The Morgan fingerprint density at radius 1 is 1.27 bits per heavy atom. The van der Waals surface area contributed by atoms with E-state index in [0.29, 0.717) is 12.4 Å². The van der Waals surface area contributed by atoms with Crippen molar-refractivity contribution in [2.24, 2.45) is 4.99 Å². The number of likely N-dealkylation sites (tertiary alicyclic amines) is 1. The van der Waals surface area contributed by atoms with Crippen molar-refractivity contribution < 1.29 is 4.74 Å². The molecule has 0 aromatic carbocycles. The molecule has 0 bridgehead atoms. The number of ether oxygens (including phenoxy) is 1. The Bertz CT molecular complexity index is 1000. The van der Waals surface area contributed by atoms with Gasteiger partial charge in [-0.05, 0) is 32.3 Å². The van der Waals surface area contributed by atoms with Crippen LogP contribution in [0.4, 0.5) is 17.2 Å². The predicted octanol–water partition coefficient (Wildman–Crippen LogP) is 2.64. The van der Waals surface area contributed by atoms with Gasteiger partial charge in [0.25, 0.3) is 0 Å². The summed E-state index contributed by atoms with van der Waals surface area (Å²) in [5.41, 5.74) is 7.38. The highest BCUT2D eigenvalue weighted by atomic mass is 35.5. The summed E-state index contributed by atoms with van der Waals surface area (Å²) in [6.45, 7) is 3.57. The van der Waals surface area contributed by atoms with Gasteiger partial charge in [0.05, 0.1) is 30.1 Å². The molecule has 0 amide bonds. The maximum atomic E-state index is 6.23. The van der Waals surface area contributed by atoms with E-state index in [2.05, 4.69) is 53.7 Å². The van der Waals surface area contributed by atoms with Crippen molar-refractivity contribution in [2.75, 3.05) is 36.1 Å². The highest BCUT2D eigenvalue weighted by Crippen LogP contribution is 2.52. The van der Waals surface area contributed by atoms with Gasteiger partial charge < -0.3 is 26.0 Å². The number of nitrogens with one attached hydrogen (secondary N) is 3. The number of aromatic amines is 1.